The summed E-state index contributed by atoms with van der Waals surface area (Å²) in [6.45, 7) is 2.89. The standard InChI is InChI=1S/C12H17N3O/c1-9-6-10(7-14-12(9)13-2)11-4-3-5-15(11)8-16/h6-8,11H,3-5H2,1-2H3,(H,13,14)/t11-/m0/s1. The van der Waals surface area contributed by atoms with E-state index in [-0.39, 0.29) is 6.04 Å². The number of nitrogens with zero attached hydrogens (tertiary/aromatic N) is 2. The molecular weight excluding hydrogens is 202 g/mol. The first kappa shape index (κ1) is 10.9. The van der Waals surface area contributed by atoms with Gasteiger partial charge in [0.2, 0.25) is 6.41 Å². The number of likely N-dealkylation sites (tertiary alicyclic amines) is 1. The molecule has 1 saturated heterocycles. The molecule has 1 amide bonds. The first-order valence-electron chi connectivity index (χ1n) is 5.61. The highest BCUT2D eigenvalue weighted by Crippen LogP contribution is 2.31. The number of hydrogen-bond donors (Lipinski definition) is 1. The van der Waals surface area contributed by atoms with Crippen molar-refractivity contribution >= 4 is 12.2 Å². The molecule has 0 spiro atoms. The number of aryl methyl sites for hydroxylation is 1. The predicted octanol–water partition coefficient (Wildman–Crippen LogP) is 1.73. The van der Waals surface area contributed by atoms with Crippen molar-refractivity contribution in [2.45, 2.75) is 25.8 Å². The van der Waals surface area contributed by atoms with Crippen molar-refractivity contribution in [1.29, 1.82) is 0 Å². The van der Waals surface area contributed by atoms with Crippen molar-refractivity contribution in [2.24, 2.45) is 0 Å². The Morgan fingerprint density at radius 2 is 2.44 bits per heavy atom. The van der Waals surface area contributed by atoms with Crippen molar-refractivity contribution in [3.05, 3.63) is 23.4 Å². The molecule has 1 aromatic rings. The van der Waals surface area contributed by atoms with Gasteiger partial charge in [-0.1, -0.05) is 0 Å². The van der Waals surface area contributed by atoms with Crippen LogP contribution >= 0.6 is 0 Å². The van der Waals surface area contributed by atoms with Crippen LogP contribution in [0.4, 0.5) is 5.82 Å². The van der Waals surface area contributed by atoms with Gasteiger partial charge in [0, 0.05) is 19.8 Å². The van der Waals surface area contributed by atoms with Crippen molar-refractivity contribution in [3.8, 4) is 0 Å². The molecule has 1 atom stereocenters. The summed E-state index contributed by atoms with van der Waals surface area (Å²) in [6, 6.07) is 2.33. The van der Waals surface area contributed by atoms with Gasteiger partial charge < -0.3 is 10.2 Å². The number of rotatable bonds is 3. The van der Waals surface area contributed by atoms with E-state index in [0.717, 1.165) is 42.7 Å². The lowest BCUT2D eigenvalue weighted by Crippen LogP contribution is -2.21. The molecule has 4 nitrogen and oxygen atoms in total. The van der Waals surface area contributed by atoms with E-state index in [1.54, 1.807) is 0 Å². The molecule has 0 bridgehead atoms. The number of carbonyl (C=O) groups excluding carboxylic acids is 1. The highest BCUT2D eigenvalue weighted by Gasteiger charge is 2.25. The van der Waals surface area contributed by atoms with Crippen molar-refractivity contribution in [1.82, 2.24) is 9.88 Å². The van der Waals surface area contributed by atoms with E-state index in [1.807, 2.05) is 25.1 Å². The summed E-state index contributed by atoms with van der Waals surface area (Å²) in [4.78, 5) is 17.1. The highest BCUT2D eigenvalue weighted by atomic mass is 16.1. The van der Waals surface area contributed by atoms with E-state index in [1.165, 1.54) is 0 Å². The van der Waals surface area contributed by atoms with Gasteiger partial charge in [0.15, 0.2) is 0 Å². The van der Waals surface area contributed by atoms with Gasteiger partial charge in [-0.15, -0.1) is 0 Å². The Labute approximate surface area is 95.7 Å². The maximum absolute atomic E-state index is 10.9. The Balaban J connectivity index is 2.27. The second kappa shape index (κ2) is 4.51. The van der Waals surface area contributed by atoms with Crippen LogP contribution in [0, 0.1) is 6.92 Å². The minimum absolute atomic E-state index is 0.217. The third-order valence-corrected chi connectivity index (χ3v) is 3.15. The Morgan fingerprint density at radius 1 is 1.62 bits per heavy atom. The summed E-state index contributed by atoms with van der Waals surface area (Å²) >= 11 is 0. The maximum Gasteiger partial charge on any atom is 0.210 e. The van der Waals surface area contributed by atoms with Gasteiger partial charge >= 0.3 is 0 Å². The van der Waals surface area contributed by atoms with E-state index in [2.05, 4.69) is 16.4 Å². The van der Waals surface area contributed by atoms with Gasteiger partial charge in [0.1, 0.15) is 5.82 Å². The molecule has 1 fully saturated rings. The molecule has 0 radical (unpaired) electrons. The van der Waals surface area contributed by atoms with E-state index in [4.69, 9.17) is 0 Å². The van der Waals surface area contributed by atoms with Crippen LogP contribution in [-0.4, -0.2) is 29.9 Å². The van der Waals surface area contributed by atoms with Crippen LogP contribution in [-0.2, 0) is 4.79 Å². The number of hydrogen-bond acceptors (Lipinski definition) is 3. The largest absolute Gasteiger partial charge is 0.373 e. The zero-order chi connectivity index (χ0) is 11.5. The lowest BCUT2D eigenvalue weighted by atomic mass is 10.1. The fourth-order valence-electron chi connectivity index (χ4n) is 2.31. The topological polar surface area (TPSA) is 45.2 Å². The van der Waals surface area contributed by atoms with E-state index in [9.17, 15) is 4.79 Å². The zero-order valence-corrected chi connectivity index (χ0v) is 9.73. The molecule has 1 aromatic heterocycles. The minimum atomic E-state index is 0.217. The lowest BCUT2D eigenvalue weighted by molar-refractivity contribution is -0.118. The fraction of sp³-hybridized carbons (Fsp3) is 0.500. The second-order valence-corrected chi connectivity index (χ2v) is 4.19. The van der Waals surface area contributed by atoms with Crippen LogP contribution in [0.2, 0.25) is 0 Å². The van der Waals surface area contributed by atoms with Crippen LogP contribution in [0.15, 0.2) is 12.3 Å². The first-order chi connectivity index (χ1) is 7.76. The third kappa shape index (κ3) is 1.87. The van der Waals surface area contributed by atoms with Gasteiger partial charge in [-0.05, 0) is 37.0 Å². The summed E-state index contributed by atoms with van der Waals surface area (Å²) in [5, 5.41) is 3.04. The minimum Gasteiger partial charge on any atom is -0.373 e. The highest BCUT2D eigenvalue weighted by molar-refractivity contribution is 5.51. The number of nitrogens with one attached hydrogen (secondary N) is 1. The van der Waals surface area contributed by atoms with Crippen molar-refractivity contribution in [3.63, 3.8) is 0 Å². The summed E-state index contributed by atoms with van der Waals surface area (Å²) in [5.74, 6) is 0.902. The SMILES string of the molecule is CNc1ncc([C@@H]2CCCN2C=O)cc1C. The predicted molar refractivity (Wildman–Crippen MR) is 63.3 cm³/mol. The Kier molecular flexibility index (Phi) is 3.08. The van der Waals surface area contributed by atoms with Crippen molar-refractivity contribution < 1.29 is 4.79 Å². The average Bonchev–Trinajstić information content (AvgIpc) is 2.77. The lowest BCUT2D eigenvalue weighted by Gasteiger charge is -2.20. The Bertz CT molecular complexity index is 392. The maximum atomic E-state index is 10.9. The van der Waals surface area contributed by atoms with Crippen LogP contribution in [0.3, 0.4) is 0 Å². The number of pyridine rings is 1. The molecular formula is C12H17N3O. The number of carbonyl (C=O) groups is 1. The van der Waals surface area contributed by atoms with Gasteiger partial charge in [-0.3, -0.25) is 4.79 Å². The zero-order valence-electron chi connectivity index (χ0n) is 9.73. The molecule has 86 valence electrons. The van der Waals surface area contributed by atoms with E-state index in [0.29, 0.717) is 0 Å². The van der Waals surface area contributed by atoms with Gasteiger partial charge in [0.05, 0.1) is 6.04 Å². The van der Waals surface area contributed by atoms with Crippen LogP contribution in [0.1, 0.15) is 30.0 Å². The molecule has 0 aliphatic carbocycles. The number of anilines is 1. The third-order valence-electron chi connectivity index (χ3n) is 3.15. The monoisotopic (exact) mass is 219 g/mol. The molecule has 0 saturated carbocycles. The molecule has 1 N–H and O–H groups in total. The van der Waals surface area contributed by atoms with E-state index >= 15 is 0 Å². The van der Waals surface area contributed by atoms with Crippen molar-refractivity contribution in [2.75, 3.05) is 18.9 Å². The van der Waals surface area contributed by atoms with Gasteiger partial charge in [-0.25, -0.2) is 4.98 Å². The molecule has 16 heavy (non-hydrogen) atoms. The summed E-state index contributed by atoms with van der Waals surface area (Å²) in [5.41, 5.74) is 2.26. The molecule has 2 rings (SSSR count). The smallest absolute Gasteiger partial charge is 0.210 e. The summed E-state index contributed by atoms with van der Waals surface area (Å²) in [6.07, 6.45) is 4.93. The molecule has 0 unspecified atom stereocenters. The summed E-state index contributed by atoms with van der Waals surface area (Å²) < 4.78 is 0. The molecule has 4 heteroatoms. The summed E-state index contributed by atoms with van der Waals surface area (Å²) in [7, 11) is 1.86. The van der Waals surface area contributed by atoms with Crippen LogP contribution < -0.4 is 5.32 Å². The Hall–Kier alpha value is -1.58. The molecule has 1 aliphatic rings. The number of amides is 1. The molecule has 1 aliphatic heterocycles. The van der Waals surface area contributed by atoms with Crippen LogP contribution in [0.5, 0.6) is 0 Å². The van der Waals surface area contributed by atoms with Gasteiger partial charge in [0.25, 0.3) is 0 Å². The average molecular weight is 219 g/mol. The Morgan fingerprint density at radius 3 is 3.06 bits per heavy atom. The van der Waals surface area contributed by atoms with Crippen LogP contribution in [0.25, 0.3) is 0 Å². The normalized spacial score (nSPS) is 19.9. The second-order valence-electron chi connectivity index (χ2n) is 4.19. The number of aromatic nitrogens is 1. The van der Waals surface area contributed by atoms with E-state index < -0.39 is 0 Å². The fourth-order valence-corrected chi connectivity index (χ4v) is 2.31. The molecule has 0 aromatic carbocycles. The first-order valence-corrected chi connectivity index (χ1v) is 5.61. The van der Waals surface area contributed by atoms with Gasteiger partial charge in [-0.2, -0.15) is 0 Å². The molecule has 2 heterocycles. The quantitative estimate of drug-likeness (QED) is 0.787.